The molecule has 1 atom stereocenters. The number of benzene rings is 2. The second kappa shape index (κ2) is 8.24. The number of Topliss-reactive ketones (excluding diaryl/α,β-unsaturated/α-hetero) is 1. The summed E-state index contributed by atoms with van der Waals surface area (Å²) in [4.78, 5) is 32.8. The van der Waals surface area contributed by atoms with Crippen LogP contribution in [-0.4, -0.2) is 15.8 Å². The van der Waals surface area contributed by atoms with Crippen LogP contribution in [0.1, 0.15) is 26.8 Å². The second-order valence-corrected chi connectivity index (χ2v) is 7.55. The average molecular weight is 401 g/mol. The van der Waals surface area contributed by atoms with Crippen LogP contribution in [-0.2, 0) is 0 Å². The Morgan fingerprint density at radius 2 is 1.90 bits per heavy atom. The second-order valence-electron chi connectivity index (χ2n) is 6.69. The van der Waals surface area contributed by atoms with Crippen LogP contribution >= 0.6 is 11.3 Å². The van der Waals surface area contributed by atoms with Gasteiger partial charge in [0, 0.05) is 23.5 Å². The van der Waals surface area contributed by atoms with Gasteiger partial charge in [0.2, 0.25) is 11.3 Å². The van der Waals surface area contributed by atoms with Crippen molar-refractivity contribution in [2.75, 3.05) is 5.32 Å². The molecule has 0 amide bonds. The molecule has 0 bridgehead atoms. The van der Waals surface area contributed by atoms with E-state index in [0.29, 0.717) is 16.1 Å². The van der Waals surface area contributed by atoms with E-state index in [1.807, 2.05) is 61.5 Å². The van der Waals surface area contributed by atoms with Crippen molar-refractivity contribution in [3.63, 3.8) is 0 Å². The fourth-order valence-electron chi connectivity index (χ4n) is 3.16. The lowest BCUT2D eigenvalue weighted by atomic mass is 10.00. The first-order valence-electron chi connectivity index (χ1n) is 9.17. The van der Waals surface area contributed by atoms with Crippen molar-refractivity contribution in [1.29, 1.82) is 0 Å². The van der Waals surface area contributed by atoms with Gasteiger partial charge in [-0.3, -0.25) is 9.59 Å². The van der Waals surface area contributed by atoms with Crippen LogP contribution in [0.3, 0.4) is 0 Å². The van der Waals surface area contributed by atoms with Gasteiger partial charge in [0.1, 0.15) is 10.9 Å². The van der Waals surface area contributed by atoms with Crippen molar-refractivity contribution in [2.24, 2.45) is 0 Å². The number of ketones is 1. The standard InChI is InChI=1S/C23H19N3O2S/c1-15-6-5-9-18(12-15)26-20(17-10-11-19(27)24-13-17)22(28)23-21(25-14-29-23)16-7-3-2-4-8-16/h2-14,20,26H,1H3,(H,24,27). The molecule has 5 nitrogen and oxygen atoms in total. The zero-order valence-electron chi connectivity index (χ0n) is 15.8. The van der Waals surface area contributed by atoms with Crippen LogP contribution in [0.2, 0.25) is 0 Å². The molecule has 0 spiro atoms. The largest absolute Gasteiger partial charge is 0.371 e. The van der Waals surface area contributed by atoms with Crippen molar-refractivity contribution in [1.82, 2.24) is 9.97 Å². The van der Waals surface area contributed by atoms with Gasteiger partial charge in [-0.15, -0.1) is 11.3 Å². The first kappa shape index (κ1) is 18.8. The molecule has 0 radical (unpaired) electrons. The number of hydrogen-bond acceptors (Lipinski definition) is 5. The molecule has 6 heteroatoms. The van der Waals surface area contributed by atoms with E-state index in [9.17, 15) is 9.59 Å². The first-order chi connectivity index (χ1) is 14.1. The smallest absolute Gasteiger partial charge is 0.247 e. The Hall–Kier alpha value is -3.51. The van der Waals surface area contributed by atoms with Crippen molar-refractivity contribution in [3.8, 4) is 11.3 Å². The summed E-state index contributed by atoms with van der Waals surface area (Å²) in [5, 5.41) is 3.33. The normalized spacial score (nSPS) is 11.8. The van der Waals surface area contributed by atoms with Crippen molar-refractivity contribution >= 4 is 22.8 Å². The average Bonchev–Trinajstić information content (AvgIpc) is 3.23. The van der Waals surface area contributed by atoms with Gasteiger partial charge in [-0.2, -0.15) is 0 Å². The van der Waals surface area contributed by atoms with Crippen LogP contribution in [0.4, 0.5) is 5.69 Å². The molecule has 144 valence electrons. The number of carbonyl (C=O) groups is 1. The van der Waals surface area contributed by atoms with Crippen molar-refractivity contribution in [3.05, 3.63) is 105 Å². The number of nitrogens with zero attached hydrogens (tertiary/aromatic N) is 1. The fraction of sp³-hybridized carbons (Fsp3) is 0.0870. The van der Waals surface area contributed by atoms with Gasteiger partial charge >= 0.3 is 0 Å². The van der Waals surface area contributed by atoms with E-state index < -0.39 is 6.04 Å². The Labute approximate surface area is 172 Å². The molecular formula is C23H19N3O2S. The van der Waals surface area contributed by atoms with Crippen LogP contribution in [0.25, 0.3) is 11.3 Å². The van der Waals surface area contributed by atoms with E-state index in [-0.39, 0.29) is 11.3 Å². The number of thiazole rings is 1. The minimum Gasteiger partial charge on any atom is -0.371 e. The number of carbonyl (C=O) groups excluding carboxylic acids is 1. The number of aromatic nitrogens is 2. The topological polar surface area (TPSA) is 74.8 Å². The molecule has 2 aromatic heterocycles. The molecule has 0 aliphatic carbocycles. The molecule has 2 aromatic carbocycles. The summed E-state index contributed by atoms with van der Waals surface area (Å²) < 4.78 is 0. The van der Waals surface area contributed by atoms with Gasteiger partial charge in [-0.25, -0.2) is 4.98 Å². The van der Waals surface area contributed by atoms with Crippen LogP contribution in [0, 0.1) is 6.92 Å². The Morgan fingerprint density at radius 3 is 2.62 bits per heavy atom. The summed E-state index contributed by atoms with van der Waals surface area (Å²) in [7, 11) is 0. The van der Waals surface area contributed by atoms with Gasteiger partial charge in [-0.05, 0) is 36.2 Å². The lowest BCUT2D eigenvalue weighted by molar-refractivity contribution is 0.0973. The molecule has 2 N–H and O–H groups in total. The maximum atomic E-state index is 13.6. The molecule has 0 fully saturated rings. The fourth-order valence-corrected chi connectivity index (χ4v) is 3.94. The molecule has 0 aliphatic heterocycles. The highest BCUT2D eigenvalue weighted by Gasteiger charge is 2.27. The summed E-state index contributed by atoms with van der Waals surface area (Å²) in [6.07, 6.45) is 1.58. The van der Waals surface area contributed by atoms with E-state index in [1.165, 1.54) is 17.4 Å². The number of hydrogen-bond donors (Lipinski definition) is 2. The highest BCUT2D eigenvalue weighted by molar-refractivity contribution is 7.12. The van der Waals surface area contributed by atoms with Crippen molar-refractivity contribution < 1.29 is 4.79 Å². The SMILES string of the molecule is Cc1cccc(NC(C(=O)c2scnc2-c2ccccc2)c2ccc(=O)[nH]c2)c1. The van der Waals surface area contributed by atoms with E-state index in [2.05, 4.69) is 15.3 Å². The van der Waals surface area contributed by atoms with Crippen LogP contribution in [0.15, 0.2) is 83.2 Å². The Balaban J connectivity index is 1.75. The number of rotatable bonds is 6. The number of nitrogens with one attached hydrogen (secondary N) is 2. The highest BCUT2D eigenvalue weighted by atomic mass is 32.1. The molecule has 0 saturated carbocycles. The van der Waals surface area contributed by atoms with E-state index in [4.69, 9.17) is 0 Å². The summed E-state index contributed by atoms with van der Waals surface area (Å²) >= 11 is 1.32. The first-order valence-corrected chi connectivity index (χ1v) is 10.0. The maximum Gasteiger partial charge on any atom is 0.247 e. The molecule has 29 heavy (non-hydrogen) atoms. The van der Waals surface area contributed by atoms with E-state index in [0.717, 1.165) is 16.8 Å². The zero-order valence-corrected chi connectivity index (χ0v) is 16.6. The quantitative estimate of drug-likeness (QED) is 0.453. The Bertz CT molecular complexity index is 1180. The summed E-state index contributed by atoms with van der Waals surface area (Å²) in [6, 6.07) is 19.9. The van der Waals surface area contributed by atoms with Gasteiger partial charge in [0.05, 0.1) is 11.2 Å². The molecule has 4 rings (SSSR count). The number of anilines is 1. The monoisotopic (exact) mass is 401 g/mol. The van der Waals surface area contributed by atoms with Crippen LogP contribution < -0.4 is 10.9 Å². The van der Waals surface area contributed by atoms with Crippen LogP contribution in [0.5, 0.6) is 0 Å². The van der Waals surface area contributed by atoms with Gasteiger partial charge in [0.15, 0.2) is 0 Å². The molecule has 4 aromatic rings. The summed E-state index contributed by atoms with van der Waals surface area (Å²) in [5.74, 6) is -0.0973. The van der Waals surface area contributed by atoms with Gasteiger partial charge in [-0.1, -0.05) is 42.5 Å². The van der Waals surface area contributed by atoms with Gasteiger partial charge in [0.25, 0.3) is 0 Å². The van der Waals surface area contributed by atoms with Crippen molar-refractivity contribution in [2.45, 2.75) is 13.0 Å². The highest BCUT2D eigenvalue weighted by Crippen LogP contribution is 2.31. The lowest BCUT2D eigenvalue weighted by Gasteiger charge is -2.19. The zero-order chi connectivity index (χ0) is 20.2. The third-order valence-corrected chi connectivity index (χ3v) is 5.41. The summed E-state index contributed by atoms with van der Waals surface area (Å²) in [5.41, 5.74) is 5.65. The molecule has 0 saturated heterocycles. The predicted octanol–water partition coefficient (Wildman–Crippen LogP) is 4.84. The van der Waals surface area contributed by atoms with Gasteiger partial charge < -0.3 is 10.3 Å². The third-order valence-electron chi connectivity index (χ3n) is 4.57. The number of pyridine rings is 1. The number of aromatic amines is 1. The molecular weight excluding hydrogens is 382 g/mol. The van der Waals surface area contributed by atoms with E-state index in [1.54, 1.807) is 17.8 Å². The summed E-state index contributed by atoms with van der Waals surface area (Å²) in [6.45, 7) is 2.00. The Kier molecular flexibility index (Phi) is 5.35. The maximum absolute atomic E-state index is 13.6. The number of H-pyrrole nitrogens is 1. The Morgan fingerprint density at radius 1 is 1.07 bits per heavy atom. The minimum atomic E-state index is -0.656. The molecule has 0 aliphatic rings. The number of aryl methyl sites for hydroxylation is 1. The third kappa shape index (κ3) is 4.17. The lowest BCUT2D eigenvalue weighted by Crippen LogP contribution is -2.22. The van der Waals surface area contributed by atoms with E-state index >= 15 is 0 Å². The predicted molar refractivity (Wildman–Crippen MR) is 116 cm³/mol. The molecule has 2 heterocycles. The molecule has 1 unspecified atom stereocenters. The minimum absolute atomic E-state index is 0.0973.